The van der Waals surface area contributed by atoms with Gasteiger partial charge in [0.2, 0.25) is 0 Å². The zero-order chi connectivity index (χ0) is 13.5. The number of fused-ring (bicyclic) bond motifs is 1. The van der Waals surface area contributed by atoms with E-state index >= 15 is 0 Å². The highest BCUT2D eigenvalue weighted by molar-refractivity contribution is 8.00. The standard InChI is InChI=1S/C14H16Cl2N2S/c1-19-14(5-6-14)9-18-12-8-10(16)2-3-11(12)17-13(18)4-7-15/h2-3,8H,4-7,9H2,1H3. The fourth-order valence-corrected chi connectivity index (χ4v) is 3.56. The summed E-state index contributed by atoms with van der Waals surface area (Å²) in [7, 11) is 0. The fourth-order valence-electron chi connectivity index (χ4n) is 2.45. The highest BCUT2D eigenvalue weighted by Crippen LogP contribution is 2.49. The van der Waals surface area contributed by atoms with Crippen molar-refractivity contribution in [2.75, 3.05) is 12.1 Å². The molecule has 1 aliphatic rings. The Morgan fingerprint density at radius 1 is 1.42 bits per heavy atom. The van der Waals surface area contributed by atoms with Crippen molar-refractivity contribution in [2.24, 2.45) is 0 Å². The summed E-state index contributed by atoms with van der Waals surface area (Å²) in [6, 6.07) is 5.90. The van der Waals surface area contributed by atoms with Crippen molar-refractivity contribution in [3.05, 3.63) is 29.0 Å². The lowest BCUT2D eigenvalue weighted by atomic mass is 10.3. The topological polar surface area (TPSA) is 17.8 Å². The average Bonchev–Trinajstić information content (AvgIpc) is 3.11. The van der Waals surface area contributed by atoms with E-state index in [0.29, 0.717) is 10.6 Å². The molecule has 3 rings (SSSR count). The Balaban J connectivity index is 2.07. The number of benzene rings is 1. The van der Waals surface area contributed by atoms with Crippen LogP contribution >= 0.6 is 35.0 Å². The number of thioether (sulfide) groups is 1. The van der Waals surface area contributed by atoms with Gasteiger partial charge in [-0.15, -0.1) is 11.6 Å². The molecule has 0 aliphatic heterocycles. The number of aryl methyl sites for hydroxylation is 1. The first-order valence-electron chi connectivity index (χ1n) is 6.43. The number of hydrogen-bond donors (Lipinski definition) is 0. The smallest absolute Gasteiger partial charge is 0.111 e. The molecular weight excluding hydrogens is 299 g/mol. The summed E-state index contributed by atoms with van der Waals surface area (Å²) in [5.74, 6) is 1.68. The number of halogens is 2. The van der Waals surface area contributed by atoms with Crippen LogP contribution < -0.4 is 0 Å². The third-order valence-corrected chi connectivity index (χ3v) is 5.62. The zero-order valence-electron chi connectivity index (χ0n) is 10.8. The first-order valence-corrected chi connectivity index (χ1v) is 8.57. The molecule has 1 aliphatic carbocycles. The van der Waals surface area contributed by atoms with Gasteiger partial charge in [-0.05, 0) is 37.3 Å². The van der Waals surface area contributed by atoms with E-state index < -0.39 is 0 Å². The third-order valence-electron chi connectivity index (χ3n) is 3.79. The molecule has 0 amide bonds. The van der Waals surface area contributed by atoms with Crippen molar-refractivity contribution in [1.82, 2.24) is 9.55 Å². The Kier molecular flexibility index (Phi) is 3.71. The van der Waals surface area contributed by atoms with Gasteiger partial charge in [0, 0.05) is 28.6 Å². The van der Waals surface area contributed by atoms with Gasteiger partial charge in [-0.25, -0.2) is 4.98 Å². The number of imidazole rings is 1. The van der Waals surface area contributed by atoms with Gasteiger partial charge in [-0.2, -0.15) is 11.8 Å². The summed E-state index contributed by atoms with van der Waals surface area (Å²) < 4.78 is 2.71. The number of aromatic nitrogens is 2. The molecule has 1 fully saturated rings. The van der Waals surface area contributed by atoms with Crippen molar-refractivity contribution >= 4 is 46.0 Å². The van der Waals surface area contributed by atoms with Crippen LogP contribution in [0.5, 0.6) is 0 Å². The maximum atomic E-state index is 6.13. The van der Waals surface area contributed by atoms with Gasteiger partial charge in [0.15, 0.2) is 0 Å². The Morgan fingerprint density at radius 2 is 2.21 bits per heavy atom. The summed E-state index contributed by atoms with van der Waals surface area (Å²) in [6.07, 6.45) is 5.57. The molecular formula is C14H16Cl2N2S. The van der Waals surface area contributed by atoms with Crippen LogP contribution in [-0.4, -0.2) is 26.4 Å². The van der Waals surface area contributed by atoms with Crippen LogP contribution in [0.1, 0.15) is 18.7 Å². The molecule has 0 radical (unpaired) electrons. The van der Waals surface area contributed by atoms with Gasteiger partial charge < -0.3 is 4.57 Å². The molecule has 5 heteroatoms. The van der Waals surface area contributed by atoms with Gasteiger partial charge in [0.05, 0.1) is 11.0 Å². The van der Waals surface area contributed by atoms with Crippen molar-refractivity contribution in [1.29, 1.82) is 0 Å². The van der Waals surface area contributed by atoms with E-state index in [1.165, 1.54) is 12.8 Å². The average molecular weight is 315 g/mol. The monoisotopic (exact) mass is 314 g/mol. The van der Waals surface area contributed by atoms with E-state index in [9.17, 15) is 0 Å². The third kappa shape index (κ3) is 2.61. The van der Waals surface area contributed by atoms with Gasteiger partial charge in [-0.1, -0.05) is 11.6 Å². The largest absolute Gasteiger partial charge is 0.327 e. The maximum absolute atomic E-state index is 6.13. The Bertz CT molecular complexity index is 605. The minimum absolute atomic E-state index is 0.400. The van der Waals surface area contributed by atoms with E-state index in [0.717, 1.165) is 34.8 Å². The predicted octanol–water partition coefficient (Wildman–Crippen LogP) is 4.37. The second kappa shape index (κ2) is 5.19. The van der Waals surface area contributed by atoms with Crippen molar-refractivity contribution in [3.8, 4) is 0 Å². The van der Waals surface area contributed by atoms with Crippen LogP contribution in [0.25, 0.3) is 11.0 Å². The highest BCUT2D eigenvalue weighted by Gasteiger charge is 2.42. The van der Waals surface area contributed by atoms with Crippen molar-refractivity contribution in [2.45, 2.75) is 30.6 Å². The Hall–Kier alpha value is -0.380. The normalized spacial score (nSPS) is 17.0. The number of nitrogens with zero attached hydrogens (tertiary/aromatic N) is 2. The summed E-state index contributed by atoms with van der Waals surface area (Å²) in [5.41, 5.74) is 2.15. The van der Waals surface area contributed by atoms with E-state index in [-0.39, 0.29) is 0 Å². The second-order valence-electron chi connectivity index (χ2n) is 5.07. The fraction of sp³-hybridized carbons (Fsp3) is 0.500. The van der Waals surface area contributed by atoms with Crippen molar-refractivity contribution < 1.29 is 0 Å². The van der Waals surface area contributed by atoms with Gasteiger partial charge in [0.1, 0.15) is 5.82 Å². The molecule has 0 unspecified atom stereocenters. The Morgan fingerprint density at radius 3 is 2.84 bits per heavy atom. The van der Waals surface area contributed by atoms with Crippen molar-refractivity contribution in [3.63, 3.8) is 0 Å². The summed E-state index contributed by atoms with van der Waals surface area (Å²) >= 11 is 14.0. The van der Waals surface area contributed by atoms with Gasteiger partial charge >= 0.3 is 0 Å². The van der Waals surface area contributed by atoms with E-state index in [1.807, 2.05) is 30.0 Å². The molecule has 2 nitrogen and oxygen atoms in total. The lowest BCUT2D eigenvalue weighted by Gasteiger charge is -2.16. The molecule has 0 bridgehead atoms. The minimum atomic E-state index is 0.400. The number of alkyl halides is 1. The van der Waals surface area contributed by atoms with Gasteiger partial charge in [0.25, 0.3) is 0 Å². The highest BCUT2D eigenvalue weighted by atomic mass is 35.5. The summed E-state index contributed by atoms with van der Waals surface area (Å²) in [5, 5.41) is 0.764. The van der Waals surface area contributed by atoms with Gasteiger partial charge in [-0.3, -0.25) is 0 Å². The lowest BCUT2D eigenvalue weighted by Crippen LogP contribution is -2.16. The van der Waals surface area contributed by atoms with Crippen LogP contribution in [0.15, 0.2) is 18.2 Å². The molecule has 2 aromatic rings. The molecule has 102 valence electrons. The number of rotatable bonds is 5. The van der Waals surface area contributed by atoms with Crippen LogP contribution in [0.2, 0.25) is 5.02 Å². The molecule has 1 aromatic heterocycles. The molecule has 1 saturated carbocycles. The summed E-state index contributed by atoms with van der Waals surface area (Å²) in [4.78, 5) is 4.70. The molecule has 0 saturated heterocycles. The van der Waals surface area contributed by atoms with Crippen LogP contribution in [-0.2, 0) is 13.0 Å². The van der Waals surface area contributed by atoms with E-state index in [4.69, 9.17) is 28.2 Å². The second-order valence-corrected chi connectivity index (χ2v) is 7.16. The number of hydrogen-bond acceptors (Lipinski definition) is 2. The quantitative estimate of drug-likeness (QED) is 0.763. The first kappa shape index (κ1) is 13.6. The Labute approximate surface area is 127 Å². The summed E-state index contributed by atoms with van der Waals surface area (Å²) in [6.45, 7) is 1.01. The molecule has 0 atom stereocenters. The SMILES string of the molecule is CSC1(Cn2c(CCCl)nc3ccc(Cl)cc32)CC1. The zero-order valence-corrected chi connectivity index (χ0v) is 13.2. The van der Waals surface area contributed by atoms with E-state index in [1.54, 1.807) is 0 Å². The van der Waals surface area contributed by atoms with E-state index in [2.05, 4.69) is 10.8 Å². The first-order chi connectivity index (χ1) is 9.17. The molecule has 1 aromatic carbocycles. The lowest BCUT2D eigenvalue weighted by molar-refractivity contribution is 0.645. The minimum Gasteiger partial charge on any atom is -0.327 e. The van der Waals surface area contributed by atoms with Crippen LogP contribution in [0, 0.1) is 0 Å². The maximum Gasteiger partial charge on any atom is 0.111 e. The molecule has 1 heterocycles. The predicted molar refractivity (Wildman–Crippen MR) is 84.6 cm³/mol. The molecule has 0 N–H and O–H groups in total. The molecule has 0 spiro atoms. The van der Waals surface area contributed by atoms with Crippen LogP contribution in [0.3, 0.4) is 0 Å². The van der Waals surface area contributed by atoms with Crippen LogP contribution in [0.4, 0.5) is 0 Å². The molecule has 19 heavy (non-hydrogen) atoms.